The van der Waals surface area contributed by atoms with E-state index in [0.717, 1.165) is 0 Å². The Kier molecular flexibility index (Phi) is 5.05. The zero-order valence-electron chi connectivity index (χ0n) is 12.5. The van der Waals surface area contributed by atoms with Gasteiger partial charge in [-0.05, 0) is 19.4 Å². The fourth-order valence-corrected chi connectivity index (χ4v) is 1.98. The Morgan fingerprint density at radius 2 is 2.23 bits per heavy atom. The number of fused-ring (bicyclic) bond motifs is 1. The van der Waals surface area contributed by atoms with Crippen LogP contribution in [0.1, 0.15) is 23.7 Å². The highest BCUT2D eigenvalue weighted by atomic mass is 16.5. The molecule has 2 heterocycles. The number of nitrogens with zero attached hydrogens (tertiary/aromatic N) is 2. The summed E-state index contributed by atoms with van der Waals surface area (Å²) in [6.45, 7) is 3.60. The summed E-state index contributed by atoms with van der Waals surface area (Å²) in [6.07, 6.45) is 2.05. The standard InChI is InChI=1S/C14H18N4O4/c1-3-22-6-4-5-15-12(19)9-7-10-11(16-8-9)18(2)14(21)17-13(10)20/h7-8H,3-6H2,1-2H3,(H,15,19)(H,17,20,21). The van der Waals surface area contributed by atoms with Gasteiger partial charge in [0.15, 0.2) is 0 Å². The van der Waals surface area contributed by atoms with Gasteiger partial charge >= 0.3 is 5.69 Å². The first-order chi connectivity index (χ1) is 10.5. The van der Waals surface area contributed by atoms with Crippen LogP contribution in [0.15, 0.2) is 21.9 Å². The molecule has 2 aromatic rings. The second-order valence-electron chi connectivity index (χ2n) is 4.72. The second-order valence-corrected chi connectivity index (χ2v) is 4.72. The van der Waals surface area contributed by atoms with Crippen molar-refractivity contribution in [2.24, 2.45) is 7.05 Å². The van der Waals surface area contributed by atoms with E-state index in [9.17, 15) is 14.4 Å². The molecular formula is C14H18N4O4. The van der Waals surface area contributed by atoms with Crippen molar-refractivity contribution in [2.45, 2.75) is 13.3 Å². The van der Waals surface area contributed by atoms with E-state index in [4.69, 9.17) is 4.74 Å². The number of nitrogens with one attached hydrogen (secondary N) is 2. The van der Waals surface area contributed by atoms with Crippen molar-refractivity contribution in [1.29, 1.82) is 0 Å². The molecule has 0 bridgehead atoms. The minimum atomic E-state index is -0.559. The molecule has 0 fully saturated rings. The molecule has 0 aromatic carbocycles. The van der Waals surface area contributed by atoms with Crippen LogP contribution in [0, 0.1) is 0 Å². The number of hydrogen-bond acceptors (Lipinski definition) is 5. The number of amides is 1. The number of carbonyl (C=O) groups is 1. The van der Waals surface area contributed by atoms with Crippen LogP contribution >= 0.6 is 0 Å². The van der Waals surface area contributed by atoms with Crippen molar-refractivity contribution >= 4 is 16.9 Å². The molecule has 0 aliphatic carbocycles. The van der Waals surface area contributed by atoms with E-state index in [2.05, 4.69) is 15.3 Å². The zero-order chi connectivity index (χ0) is 16.1. The highest BCUT2D eigenvalue weighted by Crippen LogP contribution is 2.06. The Morgan fingerprint density at radius 1 is 1.45 bits per heavy atom. The average molecular weight is 306 g/mol. The number of rotatable bonds is 6. The highest BCUT2D eigenvalue weighted by molar-refractivity contribution is 5.96. The summed E-state index contributed by atoms with van der Waals surface area (Å²) in [4.78, 5) is 41.5. The molecule has 2 N–H and O–H groups in total. The summed E-state index contributed by atoms with van der Waals surface area (Å²) in [5, 5.41) is 2.93. The van der Waals surface area contributed by atoms with Gasteiger partial charge in [-0.25, -0.2) is 9.78 Å². The van der Waals surface area contributed by atoms with Crippen LogP contribution in [-0.4, -0.2) is 40.2 Å². The van der Waals surface area contributed by atoms with Gasteiger partial charge in [-0.2, -0.15) is 0 Å². The molecule has 8 heteroatoms. The Labute approximate surface area is 126 Å². The third-order valence-electron chi connectivity index (χ3n) is 3.17. The summed E-state index contributed by atoms with van der Waals surface area (Å²) in [7, 11) is 1.50. The Morgan fingerprint density at radius 3 is 2.95 bits per heavy atom. The summed E-state index contributed by atoms with van der Waals surface area (Å²) in [6, 6.07) is 1.43. The quantitative estimate of drug-likeness (QED) is 0.718. The van der Waals surface area contributed by atoms with Gasteiger partial charge in [-0.3, -0.25) is 19.1 Å². The Balaban J connectivity index is 2.18. The van der Waals surface area contributed by atoms with Crippen LogP contribution in [-0.2, 0) is 11.8 Å². The van der Waals surface area contributed by atoms with Crippen LogP contribution in [0.5, 0.6) is 0 Å². The molecule has 0 spiro atoms. The maximum Gasteiger partial charge on any atom is 0.329 e. The molecule has 0 saturated heterocycles. The van der Waals surface area contributed by atoms with Crippen molar-refractivity contribution < 1.29 is 9.53 Å². The highest BCUT2D eigenvalue weighted by Gasteiger charge is 2.11. The second kappa shape index (κ2) is 6.99. The lowest BCUT2D eigenvalue weighted by Crippen LogP contribution is -2.30. The first-order valence-electron chi connectivity index (χ1n) is 6.99. The van der Waals surface area contributed by atoms with Gasteiger partial charge in [0, 0.05) is 33.0 Å². The Hall–Kier alpha value is -2.48. The molecule has 0 radical (unpaired) electrons. The third kappa shape index (κ3) is 3.40. The maximum absolute atomic E-state index is 12.0. The molecular weight excluding hydrogens is 288 g/mol. The molecule has 8 nitrogen and oxygen atoms in total. The van der Waals surface area contributed by atoms with E-state index in [1.165, 1.54) is 23.9 Å². The van der Waals surface area contributed by atoms with Gasteiger partial charge < -0.3 is 10.1 Å². The van der Waals surface area contributed by atoms with Crippen LogP contribution in [0.25, 0.3) is 11.0 Å². The first kappa shape index (κ1) is 15.9. The van der Waals surface area contributed by atoms with Gasteiger partial charge in [0.05, 0.1) is 10.9 Å². The summed E-state index contributed by atoms with van der Waals surface area (Å²) in [5.41, 5.74) is -0.593. The molecule has 0 unspecified atom stereocenters. The molecule has 0 atom stereocenters. The third-order valence-corrected chi connectivity index (χ3v) is 3.17. The van der Waals surface area contributed by atoms with Gasteiger partial charge in [0.2, 0.25) is 0 Å². The number of pyridine rings is 1. The SMILES string of the molecule is CCOCCCNC(=O)c1cnc2c(c1)c(=O)[nH]c(=O)n2C. The maximum atomic E-state index is 12.0. The number of ether oxygens (including phenoxy) is 1. The lowest BCUT2D eigenvalue weighted by molar-refractivity contribution is 0.0944. The molecule has 2 aromatic heterocycles. The van der Waals surface area contributed by atoms with Crippen molar-refractivity contribution in [1.82, 2.24) is 19.9 Å². The largest absolute Gasteiger partial charge is 0.382 e. The van der Waals surface area contributed by atoms with Crippen molar-refractivity contribution in [3.63, 3.8) is 0 Å². The molecule has 0 aliphatic rings. The number of hydrogen-bond donors (Lipinski definition) is 2. The first-order valence-corrected chi connectivity index (χ1v) is 6.99. The van der Waals surface area contributed by atoms with Crippen LogP contribution in [0.4, 0.5) is 0 Å². The predicted molar refractivity (Wildman–Crippen MR) is 81.0 cm³/mol. The fraction of sp³-hybridized carbons (Fsp3) is 0.429. The number of aromatic nitrogens is 3. The van der Waals surface area contributed by atoms with E-state index < -0.39 is 11.2 Å². The number of carbonyl (C=O) groups excluding carboxylic acids is 1. The minimum Gasteiger partial charge on any atom is -0.382 e. The van der Waals surface area contributed by atoms with E-state index in [1.807, 2.05) is 6.92 Å². The van der Waals surface area contributed by atoms with E-state index in [-0.39, 0.29) is 22.5 Å². The molecule has 1 amide bonds. The monoisotopic (exact) mass is 306 g/mol. The smallest absolute Gasteiger partial charge is 0.329 e. The van der Waals surface area contributed by atoms with Crippen LogP contribution in [0.2, 0.25) is 0 Å². The van der Waals surface area contributed by atoms with E-state index >= 15 is 0 Å². The molecule has 2 rings (SSSR count). The van der Waals surface area contributed by atoms with Gasteiger partial charge in [-0.1, -0.05) is 0 Å². The molecule has 0 aliphatic heterocycles. The lowest BCUT2D eigenvalue weighted by Gasteiger charge is -2.07. The lowest BCUT2D eigenvalue weighted by atomic mass is 10.2. The van der Waals surface area contributed by atoms with Crippen molar-refractivity contribution in [2.75, 3.05) is 19.8 Å². The normalized spacial score (nSPS) is 10.8. The van der Waals surface area contributed by atoms with E-state index in [0.29, 0.717) is 26.2 Å². The minimum absolute atomic E-state index is 0.198. The summed E-state index contributed by atoms with van der Waals surface area (Å²) < 4.78 is 6.40. The van der Waals surface area contributed by atoms with Gasteiger partial charge in [-0.15, -0.1) is 0 Å². The predicted octanol–water partition coefficient (Wildman–Crippen LogP) is -0.222. The summed E-state index contributed by atoms with van der Waals surface area (Å²) >= 11 is 0. The Bertz CT molecular complexity index is 794. The molecule has 0 saturated carbocycles. The topological polar surface area (TPSA) is 106 Å². The van der Waals surface area contributed by atoms with Crippen LogP contribution in [0.3, 0.4) is 0 Å². The molecule has 22 heavy (non-hydrogen) atoms. The van der Waals surface area contributed by atoms with Crippen LogP contribution < -0.4 is 16.6 Å². The number of H-pyrrole nitrogens is 1. The zero-order valence-corrected chi connectivity index (χ0v) is 12.5. The number of aromatic amines is 1. The van der Waals surface area contributed by atoms with Gasteiger partial charge in [0.25, 0.3) is 11.5 Å². The van der Waals surface area contributed by atoms with Crippen molar-refractivity contribution in [3.8, 4) is 0 Å². The van der Waals surface area contributed by atoms with Gasteiger partial charge in [0.1, 0.15) is 5.65 Å². The van der Waals surface area contributed by atoms with Crippen molar-refractivity contribution in [3.05, 3.63) is 38.7 Å². The average Bonchev–Trinajstić information content (AvgIpc) is 2.52. The van der Waals surface area contributed by atoms with E-state index in [1.54, 1.807) is 0 Å². The fourth-order valence-electron chi connectivity index (χ4n) is 1.98. The summed E-state index contributed by atoms with van der Waals surface area (Å²) in [5.74, 6) is -0.320. The molecule has 118 valence electrons. The number of aryl methyl sites for hydroxylation is 1.